The van der Waals surface area contributed by atoms with E-state index in [2.05, 4.69) is 22.3 Å². The largest absolute Gasteiger partial charge is 0.368 e. The van der Waals surface area contributed by atoms with Gasteiger partial charge in [0.1, 0.15) is 0 Å². The Labute approximate surface area is 176 Å². The van der Waals surface area contributed by atoms with E-state index in [0.29, 0.717) is 19.6 Å². The van der Waals surface area contributed by atoms with Crippen LogP contribution < -0.4 is 15.1 Å². The van der Waals surface area contributed by atoms with Crippen molar-refractivity contribution in [1.82, 2.24) is 10.2 Å². The summed E-state index contributed by atoms with van der Waals surface area (Å²) in [6.07, 6.45) is 0.171. The molecule has 2 aromatic rings. The van der Waals surface area contributed by atoms with Gasteiger partial charge < -0.3 is 20.0 Å². The molecule has 0 spiro atoms. The Hall–Kier alpha value is -3.35. The Morgan fingerprint density at radius 2 is 1.47 bits per heavy atom. The number of carbonyl (C=O) groups is 3. The molecule has 1 atom stereocenters. The quantitative estimate of drug-likeness (QED) is 0.817. The van der Waals surface area contributed by atoms with Gasteiger partial charge in [-0.2, -0.15) is 0 Å². The van der Waals surface area contributed by atoms with Crippen LogP contribution >= 0.6 is 0 Å². The standard InChI is InChI=1S/C23H26N4O3/c28-21-15-18(17-27(21)20-9-5-2-6-10-20)23(30)24-16-22(29)26-13-11-25(12-14-26)19-7-3-1-4-8-19/h1-10,18H,11-17H2,(H,24,30). The Kier molecular flexibility index (Phi) is 5.97. The first-order valence-electron chi connectivity index (χ1n) is 10.3. The molecule has 2 aromatic carbocycles. The molecule has 1 unspecified atom stereocenters. The van der Waals surface area contributed by atoms with Crippen LogP contribution in [0, 0.1) is 5.92 Å². The van der Waals surface area contributed by atoms with Gasteiger partial charge in [0.05, 0.1) is 12.5 Å². The third-order valence-corrected chi connectivity index (χ3v) is 5.73. The monoisotopic (exact) mass is 406 g/mol. The third-order valence-electron chi connectivity index (χ3n) is 5.73. The minimum absolute atomic E-state index is 0.0276. The van der Waals surface area contributed by atoms with Crippen molar-refractivity contribution < 1.29 is 14.4 Å². The van der Waals surface area contributed by atoms with Crippen LogP contribution in [-0.4, -0.2) is 61.9 Å². The van der Waals surface area contributed by atoms with E-state index >= 15 is 0 Å². The molecule has 0 bridgehead atoms. The normalized spacial score (nSPS) is 19.1. The molecule has 0 aromatic heterocycles. The van der Waals surface area contributed by atoms with Gasteiger partial charge in [0, 0.05) is 50.5 Å². The molecule has 2 fully saturated rings. The molecule has 0 saturated carbocycles. The first kappa shape index (κ1) is 19.9. The highest BCUT2D eigenvalue weighted by Crippen LogP contribution is 2.24. The van der Waals surface area contributed by atoms with Crippen LogP contribution in [-0.2, 0) is 14.4 Å². The Morgan fingerprint density at radius 3 is 2.10 bits per heavy atom. The van der Waals surface area contributed by atoms with Crippen LogP contribution in [0.25, 0.3) is 0 Å². The van der Waals surface area contributed by atoms with Gasteiger partial charge in [-0.25, -0.2) is 0 Å². The van der Waals surface area contributed by atoms with Gasteiger partial charge in [0.15, 0.2) is 0 Å². The fourth-order valence-electron chi connectivity index (χ4n) is 4.01. The van der Waals surface area contributed by atoms with Crippen LogP contribution in [0.3, 0.4) is 0 Å². The molecule has 7 heteroatoms. The average Bonchev–Trinajstić information content (AvgIpc) is 3.20. The first-order chi connectivity index (χ1) is 14.6. The molecule has 1 N–H and O–H groups in total. The van der Waals surface area contributed by atoms with Crippen LogP contribution in [0.5, 0.6) is 0 Å². The highest BCUT2D eigenvalue weighted by Gasteiger charge is 2.35. The maximum absolute atomic E-state index is 12.5. The molecule has 2 heterocycles. The van der Waals surface area contributed by atoms with Gasteiger partial charge in [0.2, 0.25) is 17.7 Å². The van der Waals surface area contributed by atoms with Crippen LogP contribution in [0.15, 0.2) is 60.7 Å². The molecule has 156 valence electrons. The summed E-state index contributed by atoms with van der Waals surface area (Å²) in [4.78, 5) is 43.0. The molecular formula is C23H26N4O3. The highest BCUT2D eigenvalue weighted by molar-refractivity contribution is 6.00. The van der Waals surface area contributed by atoms with Crippen molar-refractivity contribution >= 4 is 29.1 Å². The molecule has 2 saturated heterocycles. The van der Waals surface area contributed by atoms with Gasteiger partial charge in [0.25, 0.3) is 0 Å². The number of hydrogen-bond acceptors (Lipinski definition) is 4. The zero-order valence-corrected chi connectivity index (χ0v) is 16.9. The Balaban J connectivity index is 1.24. The second-order valence-corrected chi connectivity index (χ2v) is 7.66. The smallest absolute Gasteiger partial charge is 0.242 e. The minimum Gasteiger partial charge on any atom is -0.368 e. The van der Waals surface area contributed by atoms with Crippen molar-refractivity contribution in [3.05, 3.63) is 60.7 Å². The molecule has 4 rings (SSSR count). The lowest BCUT2D eigenvalue weighted by atomic mass is 10.1. The summed E-state index contributed by atoms with van der Waals surface area (Å²) >= 11 is 0. The summed E-state index contributed by atoms with van der Waals surface area (Å²) < 4.78 is 0. The lowest BCUT2D eigenvalue weighted by molar-refractivity contribution is -0.134. The van der Waals surface area contributed by atoms with Gasteiger partial charge >= 0.3 is 0 Å². The predicted octanol–water partition coefficient (Wildman–Crippen LogP) is 1.50. The molecule has 3 amide bonds. The molecule has 0 aliphatic carbocycles. The molecular weight excluding hydrogens is 380 g/mol. The Morgan fingerprint density at radius 1 is 0.867 bits per heavy atom. The molecule has 30 heavy (non-hydrogen) atoms. The minimum atomic E-state index is -0.430. The number of rotatable bonds is 5. The van der Waals surface area contributed by atoms with E-state index in [4.69, 9.17) is 0 Å². The SMILES string of the molecule is O=C(NCC(=O)N1CCN(c2ccccc2)CC1)C1CC(=O)N(c2ccccc2)C1. The first-order valence-corrected chi connectivity index (χ1v) is 10.3. The van der Waals surface area contributed by atoms with Gasteiger partial charge in [-0.1, -0.05) is 36.4 Å². The van der Waals surface area contributed by atoms with Crippen molar-refractivity contribution in [2.75, 3.05) is 49.1 Å². The number of para-hydroxylation sites is 2. The number of hydrogen-bond donors (Lipinski definition) is 1. The maximum atomic E-state index is 12.5. The van der Waals surface area contributed by atoms with Gasteiger partial charge in [-0.3, -0.25) is 14.4 Å². The summed E-state index contributed by atoms with van der Waals surface area (Å²) in [5.74, 6) is -0.816. The Bertz CT molecular complexity index is 895. The average molecular weight is 406 g/mol. The van der Waals surface area contributed by atoms with E-state index in [0.717, 1.165) is 24.5 Å². The van der Waals surface area contributed by atoms with Crippen molar-refractivity contribution in [3.63, 3.8) is 0 Å². The molecule has 2 aliphatic rings. The van der Waals surface area contributed by atoms with Gasteiger partial charge in [-0.15, -0.1) is 0 Å². The van der Waals surface area contributed by atoms with Gasteiger partial charge in [-0.05, 0) is 24.3 Å². The zero-order valence-electron chi connectivity index (χ0n) is 16.9. The second kappa shape index (κ2) is 8.98. The maximum Gasteiger partial charge on any atom is 0.242 e. The highest BCUT2D eigenvalue weighted by atomic mass is 16.2. The zero-order chi connectivity index (χ0) is 20.9. The van der Waals surface area contributed by atoms with E-state index in [-0.39, 0.29) is 30.7 Å². The van der Waals surface area contributed by atoms with Crippen molar-refractivity contribution in [3.8, 4) is 0 Å². The van der Waals surface area contributed by atoms with E-state index < -0.39 is 5.92 Å². The van der Waals surface area contributed by atoms with Crippen LogP contribution in [0.1, 0.15) is 6.42 Å². The number of nitrogens with zero attached hydrogens (tertiary/aromatic N) is 3. The van der Waals surface area contributed by atoms with Crippen molar-refractivity contribution in [2.45, 2.75) is 6.42 Å². The predicted molar refractivity (Wildman–Crippen MR) is 115 cm³/mol. The molecule has 0 radical (unpaired) electrons. The summed E-state index contributed by atoms with van der Waals surface area (Å²) in [6.45, 7) is 3.12. The number of piperazine rings is 1. The third kappa shape index (κ3) is 4.45. The summed E-state index contributed by atoms with van der Waals surface area (Å²) in [5.41, 5.74) is 1.96. The molecule has 2 aliphatic heterocycles. The summed E-state index contributed by atoms with van der Waals surface area (Å²) in [5, 5.41) is 2.73. The number of nitrogens with one attached hydrogen (secondary N) is 1. The number of amides is 3. The van der Waals surface area contributed by atoms with E-state index in [1.165, 1.54) is 0 Å². The molecule has 7 nitrogen and oxygen atoms in total. The van der Waals surface area contributed by atoms with Crippen LogP contribution in [0.4, 0.5) is 11.4 Å². The summed E-state index contributed by atoms with van der Waals surface area (Å²) in [6, 6.07) is 19.5. The fourth-order valence-corrected chi connectivity index (χ4v) is 4.01. The number of benzene rings is 2. The van der Waals surface area contributed by atoms with Crippen molar-refractivity contribution in [1.29, 1.82) is 0 Å². The van der Waals surface area contributed by atoms with E-state index in [9.17, 15) is 14.4 Å². The second-order valence-electron chi connectivity index (χ2n) is 7.66. The van der Waals surface area contributed by atoms with Crippen molar-refractivity contribution in [2.24, 2.45) is 5.92 Å². The number of anilines is 2. The summed E-state index contributed by atoms with van der Waals surface area (Å²) in [7, 11) is 0. The van der Waals surface area contributed by atoms with E-state index in [1.807, 2.05) is 48.5 Å². The lowest BCUT2D eigenvalue weighted by Gasteiger charge is -2.36. The topological polar surface area (TPSA) is 73.0 Å². The lowest BCUT2D eigenvalue weighted by Crippen LogP contribution is -2.51. The fraction of sp³-hybridized carbons (Fsp3) is 0.348. The number of carbonyl (C=O) groups excluding carboxylic acids is 3. The van der Waals surface area contributed by atoms with Crippen LogP contribution in [0.2, 0.25) is 0 Å². The van der Waals surface area contributed by atoms with E-state index in [1.54, 1.807) is 9.80 Å².